The average Bonchev–Trinajstić information content (AvgIpc) is 2.75. The molecule has 3 aromatic rings. The fourth-order valence-electron chi connectivity index (χ4n) is 1.88. The monoisotopic (exact) mass is 243 g/mol. The van der Waals surface area contributed by atoms with Crippen molar-refractivity contribution in [2.24, 2.45) is 0 Å². The summed E-state index contributed by atoms with van der Waals surface area (Å²) in [7, 11) is 0. The molecule has 2 aromatic heterocycles. The van der Waals surface area contributed by atoms with Gasteiger partial charge in [-0.3, -0.25) is 4.57 Å². The van der Waals surface area contributed by atoms with Gasteiger partial charge in [0.2, 0.25) is 5.88 Å². The van der Waals surface area contributed by atoms with Crippen molar-refractivity contribution in [1.82, 2.24) is 14.5 Å². The molecule has 0 aliphatic rings. The molecule has 0 unspecified atom stereocenters. The molecule has 0 saturated heterocycles. The second-order valence-corrected chi connectivity index (χ2v) is 4.03. The summed E-state index contributed by atoms with van der Waals surface area (Å²) in [6.45, 7) is 1.70. The van der Waals surface area contributed by atoms with Gasteiger partial charge in [0.25, 0.3) is 0 Å². The Bertz CT molecular complexity index is 736. The molecule has 4 nitrogen and oxygen atoms in total. The molecule has 18 heavy (non-hydrogen) atoms. The van der Waals surface area contributed by atoms with Crippen molar-refractivity contribution in [3.05, 3.63) is 48.0 Å². The fraction of sp³-hybridized carbons (Fsp3) is 0.0769. The van der Waals surface area contributed by atoms with Crippen LogP contribution in [0.1, 0.15) is 5.56 Å². The van der Waals surface area contributed by atoms with Gasteiger partial charge in [-0.05, 0) is 24.6 Å². The highest BCUT2D eigenvalue weighted by molar-refractivity contribution is 5.73. The number of aromatic hydroxyl groups is 1. The van der Waals surface area contributed by atoms with Gasteiger partial charge in [-0.25, -0.2) is 9.37 Å². The van der Waals surface area contributed by atoms with E-state index in [0.717, 1.165) is 0 Å². The Morgan fingerprint density at radius 2 is 2.06 bits per heavy atom. The lowest BCUT2D eigenvalue weighted by Gasteiger charge is -2.06. The molecule has 0 bridgehead atoms. The van der Waals surface area contributed by atoms with Crippen molar-refractivity contribution in [3.63, 3.8) is 0 Å². The number of pyridine rings is 1. The summed E-state index contributed by atoms with van der Waals surface area (Å²) in [6.07, 6.45) is 1.50. The molecule has 5 heteroatoms. The van der Waals surface area contributed by atoms with Gasteiger partial charge in [-0.1, -0.05) is 12.1 Å². The number of hydrogen-bond donors (Lipinski definition) is 1. The lowest BCUT2D eigenvalue weighted by Crippen LogP contribution is -1.99. The Balaban J connectivity index is 2.32. The number of halogens is 1. The normalized spacial score (nSPS) is 11.0. The van der Waals surface area contributed by atoms with Gasteiger partial charge in [0.05, 0.1) is 5.69 Å². The summed E-state index contributed by atoms with van der Waals surface area (Å²) in [5, 5.41) is 9.40. The number of nitrogens with zero attached hydrogens (tertiary/aromatic N) is 3. The Morgan fingerprint density at radius 1 is 1.22 bits per heavy atom. The molecular formula is C13H10FN3O. The highest BCUT2D eigenvalue weighted by Gasteiger charge is 2.11. The summed E-state index contributed by atoms with van der Waals surface area (Å²) in [4.78, 5) is 8.10. The average molecular weight is 243 g/mol. The number of rotatable bonds is 1. The van der Waals surface area contributed by atoms with Crippen LogP contribution in [0.5, 0.6) is 5.88 Å². The third-order valence-corrected chi connectivity index (χ3v) is 2.81. The van der Waals surface area contributed by atoms with E-state index in [1.807, 2.05) is 0 Å². The second kappa shape index (κ2) is 3.80. The maximum absolute atomic E-state index is 14.1. The molecule has 3 rings (SSSR count). The van der Waals surface area contributed by atoms with Crippen molar-refractivity contribution in [3.8, 4) is 11.6 Å². The topological polar surface area (TPSA) is 50.9 Å². The van der Waals surface area contributed by atoms with Gasteiger partial charge in [0, 0.05) is 6.07 Å². The lowest BCUT2D eigenvalue weighted by molar-refractivity contribution is 0.455. The molecule has 0 radical (unpaired) electrons. The molecule has 0 aliphatic heterocycles. The second-order valence-electron chi connectivity index (χ2n) is 4.03. The maximum Gasteiger partial charge on any atom is 0.212 e. The number of hydrogen-bond acceptors (Lipinski definition) is 3. The third kappa shape index (κ3) is 1.52. The highest BCUT2D eigenvalue weighted by atomic mass is 19.1. The molecule has 90 valence electrons. The van der Waals surface area contributed by atoms with Gasteiger partial charge in [0.1, 0.15) is 17.7 Å². The van der Waals surface area contributed by atoms with E-state index in [-0.39, 0.29) is 11.7 Å². The van der Waals surface area contributed by atoms with Crippen molar-refractivity contribution in [2.75, 3.05) is 0 Å². The Hall–Kier alpha value is -2.43. The Kier molecular flexibility index (Phi) is 2.26. The zero-order chi connectivity index (χ0) is 12.7. The number of aromatic nitrogens is 3. The van der Waals surface area contributed by atoms with Crippen molar-refractivity contribution < 1.29 is 9.50 Å². The van der Waals surface area contributed by atoms with Crippen LogP contribution in [0, 0.1) is 12.7 Å². The van der Waals surface area contributed by atoms with E-state index in [9.17, 15) is 9.50 Å². The quantitative estimate of drug-likeness (QED) is 0.714. The van der Waals surface area contributed by atoms with Crippen LogP contribution >= 0.6 is 0 Å². The fourth-order valence-corrected chi connectivity index (χ4v) is 1.88. The van der Waals surface area contributed by atoms with Crippen LogP contribution in [0.2, 0.25) is 0 Å². The number of imidazole rings is 1. The van der Waals surface area contributed by atoms with E-state index in [0.29, 0.717) is 22.4 Å². The van der Waals surface area contributed by atoms with Crippen LogP contribution in [0.25, 0.3) is 16.9 Å². The van der Waals surface area contributed by atoms with Crippen LogP contribution < -0.4 is 0 Å². The summed E-state index contributed by atoms with van der Waals surface area (Å²) >= 11 is 0. The zero-order valence-electron chi connectivity index (χ0n) is 9.63. The molecular weight excluding hydrogens is 233 g/mol. The smallest absolute Gasteiger partial charge is 0.212 e. The molecule has 0 aliphatic carbocycles. The van der Waals surface area contributed by atoms with Crippen LogP contribution in [0.3, 0.4) is 0 Å². The molecule has 2 heterocycles. The summed E-state index contributed by atoms with van der Waals surface area (Å²) < 4.78 is 15.6. The van der Waals surface area contributed by atoms with Crippen molar-refractivity contribution in [1.29, 1.82) is 0 Å². The molecule has 1 aromatic carbocycles. The molecule has 0 saturated carbocycles. The standard InChI is InChI=1S/C13H10FN3O/c1-8-3-2-4-10(12(8)14)17-7-15-9-5-6-11(18)16-13(9)17/h2-7H,1H3,(H,16,18). The molecule has 0 amide bonds. The first-order valence-electron chi connectivity index (χ1n) is 5.45. The minimum atomic E-state index is -0.318. The van der Waals surface area contributed by atoms with Gasteiger partial charge in [0.15, 0.2) is 5.65 Å². The summed E-state index contributed by atoms with van der Waals surface area (Å²) in [6, 6.07) is 8.20. The third-order valence-electron chi connectivity index (χ3n) is 2.81. The van der Waals surface area contributed by atoms with E-state index < -0.39 is 0 Å². The van der Waals surface area contributed by atoms with E-state index >= 15 is 0 Å². The number of fused-ring (bicyclic) bond motifs is 1. The van der Waals surface area contributed by atoms with E-state index in [4.69, 9.17) is 0 Å². The van der Waals surface area contributed by atoms with E-state index in [1.165, 1.54) is 17.0 Å². The first-order chi connectivity index (χ1) is 8.66. The van der Waals surface area contributed by atoms with E-state index in [1.54, 1.807) is 31.2 Å². The predicted molar refractivity (Wildman–Crippen MR) is 65.2 cm³/mol. The minimum Gasteiger partial charge on any atom is -0.493 e. The zero-order valence-corrected chi connectivity index (χ0v) is 9.63. The molecule has 0 atom stereocenters. The predicted octanol–water partition coefficient (Wildman–Crippen LogP) is 2.57. The summed E-state index contributed by atoms with van der Waals surface area (Å²) in [5.41, 5.74) is 1.96. The van der Waals surface area contributed by atoms with Crippen LogP contribution in [0.15, 0.2) is 36.7 Å². The number of benzene rings is 1. The maximum atomic E-state index is 14.1. The van der Waals surface area contributed by atoms with Gasteiger partial charge < -0.3 is 5.11 Å². The molecule has 1 N–H and O–H groups in total. The Morgan fingerprint density at radius 3 is 2.89 bits per heavy atom. The SMILES string of the molecule is Cc1cccc(-n2cnc3ccc(O)nc32)c1F. The Labute approximate surface area is 102 Å². The van der Waals surface area contributed by atoms with Crippen molar-refractivity contribution in [2.45, 2.75) is 6.92 Å². The van der Waals surface area contributed by atoms with E-state index in [2.05, 4.69) is 9.97 Å². The van der Waals surface area contributed by atoms with Crippen molar-refractivity contribution >= 4 is 11.2 Å². The largest absolute Gasteiger partial charge is 0.493 e. The number of aryl methyl sites for hydroxylation is 1. The summed E-state index contributed by atoms with van der Waals surface area (Å²) in [5.74, 6) is -0.431. The van der Waals surface area contributed by atoms with Crippen LogP contribution in [0.4, 0.5) is 4.39 Å². The van der Waals surface area contributed by atoms with Gasteiger partial charge >= 0.3 is 0 Å². The lowest BCUT2D eigenvalue weighted by atomic mass is 10.2. The van der Waals surface area contributed by atoms with Crippen LogP contribution in [-0.2, 0) is 0 Å². The highest BCUT2D eigenvalue weighted by Crippen LogP contribution is 2.22. The first kappa shape index (κ1) is 10.7. The molecule has 0 fully saturated rings. The minimum absolute atomic E-state index is 0.114. The molecule has 0 spiro atoms. The van der Waals surface area contributed by atoms with Gasteiger partial charge in [-0.15, -0.1) is 0 Å². The van der Waals surface area contributed by atoms with Gasteiger partial charge in [-0.2, -0.15) is 4.98 Å². The van der Waals surface area contributed by atoms with Crippen LogP contribution in [-0.4, -0.2) is 19.6 Å². The first-order valence-corrected chi connectivity index (χ1v) is 5.45.